The maximum absolute atomic E-state index is 6.12. The minimum Gasteiger partial charge on any atom is -0.362 e. The third kappa shape index (κ3) is 2.17. The molecule has 2 heterocycles. The van der Waals surface area contributed by atoms with E-state index in [0.29, 0.717) is 11.1 Å². The zero-order valence-corrected chi connectivity index (χ0v) is 10.9. The molecule has 88 valence electrons. The first-order chi connectivity index (χ1) is 8.34. The quantitative estimate of drug-likeness (QED) is 0.875. The molecule has 1 N–H and O–H groups in total. The van der Waals surface area contributed by atoms with Crippen LogP contribution in [0.4, 0.5) is 5.82 Å². The van der Waals surface area contributed by atoms with E-state index in [2.05, 4.69) is 21.7 Å². The number of halogens is 1. The van der Waals surface area contributed by atoms with Gasteiger partial charge in [0.15, 0.2) is 0 Å². The van der Waals surface area contributed by atoms with Crippen LogP contribution in [-0.2, 0) is 6.42 Å². The van der Waals surface area contributed by atoms with Crippen LogP contribution in [0.15, 0.2) is 29.8 Å². The molecule has 0 saturated heterocycles. The van der Waals surface area contributed by atoms with E-state index < -0.39 is 0 Å². The molecule has 4 heteroatoms. The molecule has 1 atom stereocenters. The number of aromatic nitrogens is 1. The van der Waals surface area contributed by atoms with Crippen molar-refractivity contribution in [2.75, 3.05) is 5.32 Å². The summed E-state index contributed by atoms with van der Waals surface area (Å²) in [5, 5.41) is 6.32. The van der Waals surface area contributed by atoms with Gasteiger partial charge in [-0.2, -0.15) is 0 Å². The topological polar surface area (TPSA) is 24.9 Å². The van der Waals surface area contributed by atoms with Crippen LogP contribution in [0.3, 0.4) is 0 Å². The number of hydrogen-bond donors (Lipinski definition) is 1. The highest BCUT2D eigenvalue weighted by molar-refractivity contribution is 7.10. The molecule has 0 aromatic carbocycles. The average Bonchev–Trinajstić information content (AvgIpc) is 2.81. The molecule has 0 amide bonds. The number of pyridine rings is 1. The van der Waals surface area contributed by atoms with E-state index in [-0.39, 0.29) is 0 Å². The summed E-state index contributed by atoms with van der Waals surface area (Å²) in [7, 11) is 0. The van der Waals surface area contributed by atoms with Gasteiger partial charge in [0.05, 0.1) is 11.1 Å². The summed E-state index contributed by atoms with van der Waals surface area (Å²) >= 11 is 7.97. The Hall–Kier alpha value is -1.06. The second kappa shape index (κ2) is 4.67. The van der Waals surface area contributed by atoms with Crippen molar-refractivity contribution in [3.63, 3.8) is 0 Å². The molecule has 0 spiro atoms. The fraction of sp³-hybridized carbons (Fsp3) is 0.308. The molecule has 0 radical (unpaired) electrons. The van der Waals surface area contributed by atoms with E-state index in [1.165, 1.54) is 23.3 Å². The normalized spacial score (nSPS) is 18.8. The fourth-order valence-corrected chi connectivity index (χ4v) is 3.46. The molecule has 1 aliphatic carbocycles. The summed E-state index contributed by atoms with van der Waals surface area (Å²) in [5.74, 6) is 0.790. The van der Waals surface area contributed by atoms with Gasteiger partial charge < -0.3 is 5.32 Å². The zero-order valence-electron chi connectivity index (χ0n) is 9.32. The highest BCUT2D eigenvalue weighted by atomic mass is 35.5. The Morgan fingerprint density at radius 1 is 1.41 bits per heavy atom. The average molecular weight is 265 g/mol. The van der Waals surface area contributed by atoms with Crippen molar-refractivity contribution in [1.29, 1.82) is 0 Å². The van der Waals surface area contributed by atoms with Gasteiger partial charge in [0.1, 0.15) is 5.82 Å². The summed E-state index contributed by atoms with van der Waals surface area (Å²) in [6, 6.07) is 6.30. The number of anilines is 1. The van der Waals surface area contributed by atoms with Crippen molar-refractivity contribution in [2.45, 2.75) is 25.3 Å². The molecule has 0 saturated carbocycles. The van der Waals surface area contributed by atoms with Crippen LogP contribution >= 0.6 is 22.9 Å². The lowest BCUT2D eigenvalue weighted by molar-refractivity contribution is 0.607. The molecule has 0 fully saturated rings. The second-order valence-electron chi connectivity index (χ2n) is 4.22. The van der Waals surface area contributed by atoms with Gasteiger partial charge in [0.25, 0.3) is 0 Å². The van der Waals surface area contributed by atoms with E-state index in [1.807, 2.05) is 23.5 Å². The van der Waals surface area contributed by atoms with Crippen LogP contribution in [0.5, 0.6) is 0 Å². The van der Waals surface area contributed by atoms with Crippen molar-refractivity contribution in [2.24, 2.45) is 0 Å². The smallest absolute Gasteiger partial charge is 0.145 e. The minimum atomic E-state index is 0.359. The molecule has 17 heavy (non-hydrogen) atoms. The lowest BCUT2D eigenvalue weighted by atomic mass is 9.94. The predicted octanol–water partition coefficient (Wildman–Crippen LogP) is 4.29. The molecule has 1 aliphatic rings. The van der Waals surface area contributed by atoms with E-state index in [0.717, 1.165) is 12.2 Å². The van der Waals surface area contributed by atoms with E-state index in [1.54, 1.807) is 6.20 Å². The van der Waals surface area contributed by atoms with E-state index in [9.17, 15) is 0 Å². The van der Waals surface area contributed by atoms with Crippen LogP contribution < -0.4 is 5.32 Å². The zero-order chi connectivity index (χ0) is 11.7. The Balaban J connectivity index is 1.86. The number of hydrogen-bond acceptors (Lipinski definition) is 3. The highest BCUT2D eigenvalue weighted by Gasteiger charge is 2.21. The molecule has 2 aromatic heterocycles. The highest BCUT2D eigenvalue weighted by Crippen LogP contribution is 2.36. The molecule has 1 unspecified atom stereocenters. The Morgan fingerprint density at radius 3 is 3.24 bits per heavy atom. The number of thiophene rings is 1. The molecular formula is C13H13ClN2S. The number of fused-ring (bicyclic) bond motifs is 1. The van der Waals surface area contributed by atoms with Gasteiger partial charge in [-0.1, -0.05) is 11.6 Å². The van der Waals surface area contributed by atoms with Gasteiger partial charge in [-0.3, -0.25) is 0 Å². The van der Waals surface area contributed by atoms with Crippen LogP contribution in [-0.4, -0.2) is 4.98 Å². The maximum Gasteiger partial charge on any atom is 0.145 e. The molecule has 2 aromatic rings. The van der Waals surface area contributed by atoms with E-state index >= 15 is 0 Å². The number of nitrogens with one attached hydrogen (secondary N) is 1. The summed E-state index contributed by atoms with van der Waals surface area (Å²) in [5.41, 5.74) is 1.42. The lowest BCUT2D eigenvalue weighted by Crippen LogP contribution is -2.16. The first kappa shape index (κ1) is 11.1. The van der Waals surface area contributed by atoms with Crippen molar-refractivity contribution < 1.29 is 0 Å². The first-order valence-corrected chi connectivity index (χ1v) is 7.03. The molecule has 3 rings (SSSR count). The lowest BCUT2D eigenvalue weighted by Gasteiger charge is -2.24. The second-order valence-corrected chi connectivity index (χ2v) is 5.63. The van der Waals surface area contributed by atoms with Crippen molar-refractivity contribution in [3.8, 4) is 0 Å². The molecular weight excluding hydrogens is 252 g/mol. The van der Waals surface area contributed by atoms with Gasteiger partial charge in [-0.05, 0) is 48.4 Å². The number of nitrogens with zero attached hydrogens (tertiary/aromatic N) is 1. The van der Waals surface area contributed by atoms with Gasteiger partial charge in [0.2, 0.25) is 0 Å². The van der Waals surface area contributed by atoms with Crippen LogP contribution in [0.1, 0.15) is 29.3 Å². The fourth-order valence-electron chi connectivity index (χ4n) is 2.29. The first-order valence-electron chi connectivity index (χ1n) is 5.78. The molecule has 2 nitrogen and oxygen atoms in total. The Bertz CT molecular complexity index is 524. The van der Waals surface area contributed by atoms with Gasteiger partial charge in [0, 0.05) is 11.1 Å². The maximum atomic E-state index is 6.12. The minimum absolute atomic E-state index is 0.359. The van der Waals surface area contributed by atoms with Gasteiger partial charge >= 0.3 is 0 Å². The van der Waals surface area contributed by atoms with Crippen molar-refractivity contribution in [1.82, 2.24) is 4.98 Å². The predicted molar refractivity (Wildman–Crippen MR) is 72.9 cm³/mol. The number of rotatable bonds is 2. The Kier molecular flexibility index (Phi) is 3.04. The standard InChI is InChI=1S/C13H13ClN2S/c14-10-3-2-7-15-13(10)16-11-4-1-5-12-9(11)6-8-17-12/h2-3,6-8,11H,1,4-5H2,(H,15,16). The number of aryl methyl sites for hydroxylation is 1. The monoisotopic (exact) mass is 264 g/mol. The van der Waals surface area contributed by atoms with Gasteiger partial charge in [-0.25, -0.2) is 4.98 Å². The SMILES string of the molecule is Clc1cccnc1NC1CCCc2sccc21. The third-order valence-corrected chi connectivity index (χ3v) is 4.42. The van der Waals surface area contributed by atoms with Crippen molar-refractivity contribution >= 4 is 28.8 Å². The Morgan fingerprint density at radius 2 is 2.35 bits per heavy atom. The Labute approximate surface area is 110 Å². The van der Waals surface area contributed by atoms with Gasteiger partial charge in [-0.15, -0.1) is 11.3 Å². The summed E-state index contributed by atoms with van der Waals surface area (Å²) in [6.45, 7) is 0. The van der Waals surface area contributed by atoms with Crippen LogP contribution in [0.25, 0.3) is 0 Å². The third-order valence-electron chi connectivity index (χ3n) is 3.12. The summed E-state index contributed by atoms with van der Waals surface area (Å²) in [6.07, 6.45) is 5.36. The summed E-state index contributed by atoms with van der Waals surface area (Å²) < 4.78 is 0. The van der Waals surface area contributed by atoms with E-state index in [4.69, 9.17) is 11.6 Å². The van der Waals surface area contributed by atoms with Crippen molar-refractivity contribution in [3.05, 3.63) is 45.2 Å². The van der Waals surface area contributed by atoms with Crippen LogP contribution in [0, 0.1) is 0 Å². The molecule has 0 aliphatic heterocycles. The molecule has 0 bridgehead atoms. The van der Waals surface area contributed by atoms with Crippen LogP contribution in [0.2, 0.25) is 5.02 Å². The largest absolute Gasteiger partial charge is 0.362 e. The summed E-state index contributed by atoms with van der Waals surface area (Å²) in [4.78, 5) is 5.79.